The van der Waals surface area contributed by atoms with Gasteiger partial charge in [0.2, 0.25) is 5.91 Å². The quantitative estimate of drug-likeness (QED) is 0.287. The number of hydrogen-bond acceptors (Lipinski definition) is 6. The lowest BCUT2D eigenvalue weighted by Crippen LogP contribution is -2.31. The molecule has 2 heterocycles. The van der Waals surface area contributed by atoms with Crippen molar-refractivity contribution >= 4 is 40.3 Å². The van der Waals surface area contributed by atoms with Crippen molar-refractivity contribution in [2.24, 2.45) is 0 Å². The molecule has 33 heavy (non-hydrogen) atoms. The second-order valence-corrected chi connectivity index (χ2v) is 8.47. The number of hydrogen-bond donors (Lipinski definition) is 3. The van der Waals surface area contributed by atoms with Crippen LogP contribution in [0, 0.1) is 0 Å². The molecule has 168 valence electrons. The zero-order valence-corrected chi connectivity index (χ0v) is 18.8. The summed E-state index contributed by atoms with van der Waals surface area (Å²) in [5, 5.41) is 10.5. The smallest absolute Gasteiger partial charge is 0.262 e. The number of nitrogens with one attached hydrogen (secondary N) is 3. The Hall–Kier alpha value is -3.92. The molecule has 4 rings (SSSR count). The van der Waals surface area contributed by atoms with Crippen LogP contribution >= 0.6 is 11.8 Å². The van der Waals surface area contributed by atoms with Gasteiger partial charge in [0.1, 0.15) is 5.39 Å². The maximum absolute atomic E-state index is 12.6. The molecule has 0 aliphatic heterocycles. The maximum atomic E-state index is 12.6. The van der Waals surface area contributed by atoms with Crippen molar-refractivity contribution in [3.8, 4) is 5.69 Å². The first kappa shape index (κ1) is 22.3. The second-order valence-electron chi connectivity index (χ2n) is 7.51. The fourth-order valence-corrected chi connectivity index (χ4v) is 3.83. The molecule has 0 spiro atoms. The van der Waals surface area contributed by atoms with Crippen molar-refractivity contribution in [3.63, 3.8) is 0 Å². The van der Waals surface area contributed by atoms with E-state index in [9.17, 15) is 14.4 Å². The summed E-state index contributed by atoms with van der Waals surface area (Å²) in [6.07, 6.45) is 1.47. The van der Waals surface area contributed by atoms with Crippen molar-refractivity contribution in [1.82, 2.24) is 25.1 Å². The van der Waals surface area contributed by atoms with Crippen LogP contribution < -0.4 is 16.2 Å². The molecular weight excluding hydrogens is 440 g/mol. The first-order valence-electron chi connectivity index (χ1n) is 10.3. The van der Waals surface area contributed by atoms with E-state index >= 15 is 0 Å². The van der Waals surface area contributed by atoms with Crippen molar-refractivity contribution in [2.45, 2.75) is 25.0 Å². The van der Waals surface area contributed by atoms with E-state index in [2.05, 4.69) is 25.7 Å². The second kappa shape index (κ2) is 9.70. The monoisotopic (exact) mass is 462 g/mol. The molecule has 0 radical (unpaired) electrons. The van der Waals surface area contributed by atoms with Crippen molar-refractivity contribution in [1.29, 1.82) is 0 Å². The van der Waals surface area contributed by atoms with Gasteiger partial charge in [-0.05, 0) is 38.1 Å². The van der Waals surface area contributed by atoms with E-state index in [-0.39, 0.29) is 29.2 Å². The normalized spacial score (nSPS) is 11.0. The number of nitrogens with zero attached hydrogens (tertiary/aromatic N) is 3. The largest absolute Gasteiger partial charge is 0.350 e. The summed E-state index contributed by atoms with van der Waals surface area (Å²) in [5.41, 5.74) is 1.64. The number of carbonyl (C=O) groups is 2. The number of amides is 2. The van der Waals surface area contributed by atoms with Gasteiger partial charge in [-0.2, -0.15) is 5.10 Å². The molecule has 4 aromatic rings. The van der Waals surface area contributed by atoms with Crippen molar-refractivity contribution in [3.05, 3.63) is 76.7 Å². The van der Waals surface area contributed by atoms with Crippen molar-refractivity contribution in [2.75, 3.05) is 11.1 Å². The van der Waals surface area contributed by atoms with E-state index < -0.39 is 0 Å². The number of H-pyrrole nitrogens is 1. The number of benzene rings is 2. The Morgan fingerprint density at radius 1 is 1.09 bits per heavy atom. The highest BCUT2D eigenvalue weighted by Crippen LogP contribution is 2.19. The van der Waals surface area contributed by atoms with Crippen LogP contribution in [0.15, 0.2) is 70.7 Å². The minimum absolute atomic E-state index is 0.00590. The fourth-order valence-electron chi connectivity index (χ4n) is 3.18. The summed E-state index contributed by atoms with van der Waals surface area (Å²) in [4.78, 5) is 44.6. The highest BCUT2D eigenvalue weighted by Gasteiger charge is 2.16. The van der Waals surface area contributed by atoms with Gasteiger partial charge >= 0.3 is 0 Å². The molecule has 2 amide bonds. The van der Waals surface area contributed by atoms with Crippen LogP contribution in [-0.4, -0.2) is 43.4 Å². The third-order valence-corrected chi connectivity index (χ3v) is 5.50. The molecule has 0 fully saturated rings. The Balaban J connectivity index is 1.50. The van der Waals surface area contributed by atoms with Gasteiger partial charge in [-0.15, -0.1) is 0 Å². The Morgan fingerprint density at radius 3 is 2.58 bits per heavy atom. The molecule has 0 atom stereocenters. The Labute approximate surface area is 193 Å². The Kier molecular flexibility index (Phi) is 6.55. The Morgan fingerprint density at radius 2 is 1.82 bits per heavy atom. The van der Waals surface area contributed by atoms with Gasteiger partial charge in [0.15, 0.2) is 10.8 Å². The molecule has 0 saturated heterocycles. The lowest BCUT2D eigenvalue weighted by Gasteiger charge is -2.13. The summed E-state index contributed by atoms with van der Waals surface area (Å²) in [7, 11) is 0. The van der Waals surface area contributed by atoms with Crippen LogP contribution in [0.1, 0.15) is 24.2 Å². The molecule has 0 bridgehead atoms. The molecule has 10 heteroatoms. The molecule has 0 unspecified atom stereocenters. The predicted molar refractivity (Wildman–Crippen MR) is 128 cm³/mol. The van der Waals surface area contributed by atoms with Crippen LogP contribution in [-0.2, 0) is 4.79 Å². The van der Waals surface area contributed by atoms with Crippen LogP contribution in [0.5, 0.6) is 0 Å². The number of aromatic amines is 1. The van der Waals surface area contributed by atoms with Gasteiger partial charge in [-0.1, -0.05) is 42.1 Å². The number of carbonyl (C=O) groups excluding carboxylic acids is 2. The molecule has 0 aliphatic carbocycles. The van der Waals surface area contributed by atoms with E-state index in [0.717, 1.165) is 17.4 Å². The summed E-state index contributed by atoms with van der Waals surface area (Å²) < 4.78 is 1.58. The number of thioether (sulfide) groups is 1. The molecule has 2 aromatic heterocycles. The third kappa shape index (κ3) is 5.12. The maximum Gasteiger partial charge on any atom is 0.262 e. The summed E-state index contributed by atoms with van der Waals surface area (Å²) in [5.74, 6) is -0.600. The number of fused-ring (bicyclic) bond motifs is 1. The van der Waals surface area contributed by atoms with E-state index in [4.69, 9.17) is 0 Å². The van der Waals surface area contributed by atoms with Gasteiger partial charge in [0.25, 0.3) is 11.5 Å². The molecule has 3 N–H and O–H groups in total. The summed E-state index contributed by atoms with van der Waals surface area (Å²) in [6, 6.07) is 16.1. The predicted octanol–water partition coefficient (Wildman–Crippen LogP) is 2.98. The average Bonchev–Trinajstić information content (AvgIpc) is 3.23. The number of anilines is 1. The molecule has 0 aliphatic rings. The van der Waals surface area contributed by atoms with E-state index in [1.165, 1.54) is 6.20 Å². The van der Waals surface area contributed by atoms with Gasteiger partial charge in [0, 0.05) is 6.04 Å². The van der Waals surface area contributed by atoms with Gasteiger partial charge in [-0.25, -0.2) is 9.67 Å². The minimum Gasteiger partial charge on any atom is -0.350 e. The first-order chi connectivity index (χ1) is 15.9. The average molecular weight is 463 g/mol. The molecule has 2 aromatic carbocycles. The minimum atomic E-state index is -0.333. The molecular formula is C23H22N6O3S. The van der Waals surface area contributed by atoms with Gasteiger partial charge < -0.3 is 15.6 Å². The zero-order valence-electron chi connectivity index (χ0n) is 18.0. The number of aromatic nitrogens is 4. The van der Waals surface area contributed by atoms with Crippen LogP contribution in [0.4, 0.5) is 5.69 Å². The van der Waals surface area contributed by atoms with Crippen molar-refractivity contribution < 1.29 is 9.59 Å². The summed E-state index contributed by atoms with van der Waals surface area (Å²) >= 11 is 1.09. The number of para-hydroxylation sites is 2. The summed E-state index contributed by atoms with van der Waals surface area (Å²) in [6.45, 7) is 3.73. The standard InChI is InChI=1S/C23H22N6O3S/c1-14(2)25-21(31)16-10-6-7-11-18(16)26-19(30)13-33-23-27-20-17(22(32)28-23)12-24-29(20)15-8-4-3-5-9-15/h3-12,14H,13H2,1-2H3,(H,25,31)(H,26,30)(H,27,28,32). The third-order valence-electron chi connectivity index (χ3n) is 4.62. The number of rotatable bonds is 7. The Bertz CT molecular complexity index is 1360. The van der Waals surface area contributed by atoms with E-state index in [1.807, 2.05) is 44.2 Å². The topological polar surface area (TPSA) is 122 Å². The highest BCUT2D eigenvalue weighted by molar-refractivity contribution is 7.99. The lowest BCUT2D eigenvalue weighted by atomic mass is 10.1. The van der Waals surface area contributed by atoms with E-state index in [0.29, 0.717) is 27.4 Å². The van der Waals surface area contributed by atoms with Crippen LogP contribution in [0.3, 0.4) is 0 Å². The van der Waals surface area contributed by atoms with Gasteiger partial charge in [0.05, 0.1) is 28.9 Å². The fraction of sp³-hybridized carbons (Fsp3) is 0.174. The van der Waals surface area contributed by atoms with Crippen LogP contribution in [0.25, 0.3) is 16.7 Å². The zero-order chi connectivity index (χ0) is 23.4. The SMILES string of the molecule is CC(C)NC(=O)c1ccccc1NC(=O)CSc1nc2c(cnn2-c2ccccc2)c(=O)[nH]1. The lowest BCUT2D eigenvalue weighted by molar-refractivity contribution is -0.113. The van der Waals surface area contributed by atoms with Crippen LogP contribution in [0.2, 0.25) is 0 Å². The van der Waals surface area contributed by atoms with E-state index in [1.54, 1.807) is 28.9 Å². The van der Waals surface area contributed by atoms with Gasteiger partial charge in [-0.3, -0.25) is 14.4 Å². The molecule has 0 saturated carbocycles. The first-order valence-corrected chi connectivity index (χ1v) is 11.3. The molecule has 9 nitrogen and oxygen atoms in total. The highest BCUT2D eigenvalue weighted by atomic mass is 32.2.